The maximum atomic E-state index is 12.9. The van der Waals surface area contributed by atoms with Crippen molar-refractivity contribution in [1.82, 2.24) is 24.6 Å². The van der Waals surface area contributed by atoms with E-state index in [4.69, 9.17) is 15.5 Å². The first kappa shape index (κ1) is 20.4. The molecular weight excluding hydrogens is 432 g/mol. The molecular formula is C25H22N6O3. The number of amides is 2. The Morgan fingerprint density at radius 2 is 1.91 bits per heavy atom. The van der Waals surface area contributed by atoms with Crippen LogP contribution in [0, 0.1) is 0 Å². The molecule has 5 aromatic rings. The molecule has 0 bridgehead atoms. The van der Waals surface area contributed by atoms with E-state index in [1.165, 1.54) is 0 Å². The number of carbonyl (C=O) groups is 2. The van der Waals surface area contributed by atoms with Crippen molar-refractivity contribution in [2.24, 2.45) is 12.8 Å². The number of hydrogen-bond donors (Lipinski definition) is 2. The summed E-state index contributed by atoms with van der Waals surface area (Å²) in [6.45, 7) is 2.22. The third-order valence-electron chi connectivity index (χ3n) is 6.41. The average molecular weight is 454 g/mol. The van der Waals surface area contributed by atoms with Gasteiger partial charge in [-0.25, -0.2) is 4.98 Å². The fourth-order valence-corrected chi connectivity index (χ4v) is 4.58. The zero-order valence-electron chi connectivity index (χ0n) is 18.5. The summed E-state index contributed by atoms with van der Waals surface area (Å²) < 4.78 is 7.14. The number of nitrogens with one attached hydrogen (secondary N) is 1. The topological polar surface area (TPSA) is 119 Å². The summed E-state index contributed by atoms with van der Waals surface area (Å²) in [5.74, 6) is -0.594. The van der Waals surface area contributed by atoms with E-state index in [0.717, 1.165) is 27.4 Å². The second-order valence-corrected chi connectivity index (χ2v) is 8.47. The Balaban J connectivity index is 1.50. The number of carbonyl (C=O) groups excluding carboxylic acids is 2. The van der Waals surface area contributed by atoms with E-state index in [1.54, 1.807) is 34.0 Å². The van der Waals surface area contributed by atoms with Gasteiger partial charge in [-0.3, -0.25) is 14.3 Å². The first-order valence-electron chi connectivity index (χ1n) is 11.0. The Hall–Kier alpha value is -4.24. The van der Waals surface area contributed by atoms with Crippen LogP contribution in [0.1, 0.15) is 20.7 Å². The van der Waals surface area contributed by atoms with Gasteiger partial charge in [0.2, 0.25) is 0 Å². The van der Waals surface area contributed by atoms with Gasteiger partial charge in [0.15, 0.2) is 0 Å². The van der Waals surface area contributed by atoms with Gasteiger partial charge in [0.25, 0.3) is 11.8 Å². The number of pyridine rings is 1. The van der Waals surface area contributed by atoms with Gasteiger partial charge >= 0.3 is 0 Å². The highest BCUT2D eigenvalue weighted by molar-refractivity contribution is 6.14. The van der Waals surface area contributed by atoms with Crippen molar-refractivity contribution in [3.05, 3.63) is 59.8 Å². The first-order chi connectivity index (χ1) is 16.5. The van der Waals surface area contributed by atoms with Crippen molar-refractivity contribution in [3.8, 4) is 11.3 Å². The number of morpholine rings is 1. The Bertz CT molecular complexity index is 1610. The molecule has 1 fully saturated rings. The van der Waals surface area contributed by atoms with Crippen LogP contribution in [-0.4, -0.2) is 62.8 Å². The van der Waals surface area contributed by atoms with Gasteiger partial charge in [-0.1, -0.05) is 12.1 Å². The number of H-pyrrole nitrogens is 1. The zero-order valence-corrected chi connectivity index (χ0v) is 18.5. The molecule has 170 valence electrons. The monoisotopic (exact) mass is 454 g/mol. The standard InChI is InChI=1S/C25H22N6O3/c1-30-21-11-14(2-3-16(21)13-27-30)19-12-18(24(26)32)23-22(28-19)17-5-4-15(10-20(17)29-23)25(33)31-6-8-34-9-7-31/h2-5,10-13,29H,6-9H2,1H3,(H2,26,32). The van der Waals surface area contributed by atoms with E-state index < -0.39 is 5.91 Å². The largest absolute Gasteiger partial charge is 0.378 e. The Morgan fingerprint density at radius 3 is 2.71 bits per heavy atom. The number of benzene rings is 2. The lowest BCUT2D eigenvalue weighted by atomic mass is 10.0. The molecule has 1 aliphatic rings. The number of aromatic amines is 1. The summed E-state index contributed by atoms with van der Waals surface area (Å²) in [6, 6.07) is 13.1. The molecule has 34 heavy (non-hydrogen) atoms. The highest BCUT2D eigenvalue weighted by Crippen LogP contribution is 2.32. The van der Waals surface area contributed by atoms with E-state index in [-0.39, 0.29) is 5.91 Å². The third kappa shape index (κ3) is 3.20. The molecule has 9 nitrogen and oxygen atoms in total. The fraction of sp³-hybridized carbons (Fsp3) is 0.200. The number of rotatable bonds is 3. The van der Waals surface area contributed by atoms with Crippen LogP contribution in [0.2, 0.25) is 0 Å². The Morgan fingerprint density at radius 1 is 1.09 bits per heavy atom. The number of aromatic nitrogens is 4. The molecule has 2 aromatic carbocycles. The number of primary amides is 1. The van der Waals surface area contributed by atoms with Crippen LogP contribution in [0.3, 0.4) is 0 Å². The number of nitrogens with two attached hydrogens (primary N) is 1. The summed E-state index contributed by atoms with van der Waals surface area (Å²) in [5.41, 5.74) is 11.0. The molecule has 2 amide bonds. The van der Waals surface area contributed by atoms with Crippen molar-refractivity contribution < 1.29 is 14.3 Å². The van der Waals surface area contributed by atoms with Gasteiger partial charge < -0.3 is 20.4 Å². The van der Waals surface area contributed by atoms with Crippen LogP contribution in [0.4, 0.5) is 0 Å². The number of nitrogens with zero attached hydrogens (tertiary/aromatic N) is 4. The lowest BCUT2D eigenvalue weighted by Gasteiger charge is -2.26. The highest BCUT2D eigenvalue weighted by atomic mass is 16.5. The van der Waals surface area contributed by atoms with Crippen molar-refractivity contribution in [3.63, 3.8) is 0 Å². The summed E-state index contributed by atoms with van der Waals surface area (Å²) in [4.78, 5) is 35.2. The number of ether oxygens (including phenoxy) is 1. The molecule has 3 aromatic heterocycles. The maximum Gasteiger partial charge on any atom is 0.254 e. The van der Waals surface area contributed by atoms with Crippen LogP contribution >= 0.6 is 0 Å². The zero-order chi connectivity index (χ0) is 23.4. The molecule has 1 aliphatic heterocycles. The van der Waals surface area contributed by atoms with Crippen molar-refractivity contribution >= 4 is 44.7 Å². The molecule has 1 saturated heterocycles. The minimum Gasteiger partial charge on any atom is -0.378 e. The second kappa shape index (κ2) is 7.67. The highest BCUT2D eigenvalue weighted by Gasteiger charge is 2.21. The molecule has 0 aliphatic carbocycles. The van der Waals surface area contributed by atoms with Crippen LogP contribution in [0.15, 0.2) is 48.7 Å². The molecule has 9 heteroatoms. The van der Waals surface area contributed by atoms with E-state index in [0.29, 0.717) is 54.2 Å². The minimum absolute atomic E-state index is 0.0443. The summed E-state index contributed by atoms with van der Waals surface area (Å²) in [6.07, 6.45) is 1.81. The molecule has 0 saturated carbocycles. The van der Waals surface area contributed by atoms with Gasteiger partial charge in [0.1, 0.15) is 0 Å². The van der Waals surface area contributed by atoms with Gasteiger partial charge in [-0.15, -0.1) is 0 Å². The first-order valence-corrected chi connectivity index (χ1v) is 11.0. The fourth-order valence-electron chi connectivity index (χ4n) is 4.58. The smallest absolute Gasteiger partial charge is 0.254 e. The van der Waals surface area contributed by atoms with E-state index in [9.17, 15) is 9.59 Å². The Labute approximate surface area is 194 Å². The third-order valence-corrected chi connectivity index (χ3v) is 6.41. The Kier molecular flexibility index (Phi) is 4.59. The van der Waals surface area contributed by atoms with E-state index in [2.05, 4.69) is 10.1 Å². The lowest BCUT2D eigenvalue weighted by Crippen LogP contribution is -2.40. The van der Waals surface area contributed by atoms with Crippen LogP contribution in [0.25, 0.3) is 44.1 Å². The molecule has 0 spiro atoms. The predicted octanol–water partition coefficient (Wildman–Crippen LogP) is 2.84. The van der Waals surface area contributed by atoms with Crippen molar-refractivity contribution in [2.75, 3.05) is 26.3 Å². The molecule has 0 unspecified atom stereocenters. The van der Waals surface area contributed by atoms with E-state index in [1.807, 2.05) is 31.3 Å². The van der Waals surface area contributed by atoms with Crippen molar-refractivity contribution in [1.29, 1.82) is 0 Å². The molecule has 6 rings (SSSR count). The molecule has 3 N–H and O–H groups in total. The lowest BCUT2D eigenvalue weighted by molar-refractivity contribution is 0.0303. The summed E-state index contributed by atoms with van der Waals surface area (Å²) in [5, 5.41) is 6.13. The van der Waals surface area contributed by atoms with Crippen molar-refractivity contribution in [2.45, 2.75) is 0 Å². The quantitative estimate of drug-likeness (QED) is 0.435. The van der Waals surface area contributed by atoms with Crippen LogP contribution in [0.5, 0.6) is 0 Å². The maximum absolute atomic E-state index is 12.9. The van der Waals surface area contributed by atoms with Crippen LogP contribution < -0.4 is 5.73 Å². The number of fused-ring (bicyclic) bond motifs is 4. The minimum atomic E-state index is -0.550. The van der Waals surface area contributed by atoms with Gasteiger partial charge in [-0.05, 0) is 30.3 Å². The van der Waals surface area contributed by atoms with Gasteiger partial charge in [-0.2, -0.15) is 5.10 Å². The summed E-state index contributed by atoms with van der Waals surface area (Å²) in [7, 11) is 1.88. The van der Waals surface area contributed by atoms with E-state index >= 15 is 0 Å². The number of aryl methyl sites for hydroxylation is 1. The SMILES string of the molecule is Cn1ncc2ccc(-c3cc(C(N)=O)c4[nH]c5cc(C(=O)N6CCOCC6)ccc5c4n3)cc21. The molecule has 0 radical (unpaired) electrons. The normalized spacial score (nSPS) is 14.3. The second-order valence-electron chi connectivity index (χ2n) is 8.47. The number of hydrogen-bond acceptors (Lipinski definition) is 5. The van der Waals surface area contributed by atoms with Crippen LogP contribution in [-0.2, 0) is 11.8 Å². The summed E-state index contributed by atoms with van der Waals surface area (Å²) >= 11 is 0. The molecule has 0 atom stereocenters. The average Bonchev–Trinajstić information content (AvgIpc) is 3.42. The molecule has 4 heterocycles. The van der Waals surface area contributed by atoms with Gasteiger partial charge in [0.05, 0.1) is 47.2 Å². The predicted molar refractivity (Wildman–Crippen MR) is 129 cm³/mol. The van der Waals surface area contributed by atoms with Gasteiger partial charge in [0, 0.05) is 47.6 Å².